The number of hydrogen-bond donors (Lipinski definition) is 2. The molecule has 1 fully saturated rings. The van der Waals surface area contributed by atoms with E-state index >= 15 is 0 Å². The molecule has 2 N–H and O–H groups in total. The van der Waals surface area contributed by atoms with E-state index in [4.69, 9.17) is 0 Å². The minimum absolute atomic E-state index is 0.0836. The topological polar surface area (TPSA) is 49.3 Å². The van der Waals surface area contributed by atoms with E-state index in [1.165, 1.54) is 24.6 Å². The molecule has 2 rings (SSSR count). The van der Waals surface area contributed by atoms with E-state index in [2.05, 4.69) is 12.2 Å². The fourth-order valence-electron chi connectivity index (χ4n) is 2.56. The van der Waals surface area contributed by atoms with Crippen molar-refractivity contribution in [3.05, 3.63) is 29.6 Å². The lowest BCUT2D eigenvalue weighted by Gasteiger charge is -2.27. The molecule has 1 amide bonds. The molecule has 0 spiro atoms. The van der Waals surface area contributed by atoms with E-state index in [0.29, 0.717) is 5.92 Å². The standard InChI is InChI=1S/C14H18FNO2/c1-9-4-2-5-10(8-9)16-14(18)13-11(15)6-3-7-12(13)17/h3,6-7,9-10,17H,2,4-5,8H2,1H3,(H,16,18). The zero-order valence-electron chi connectivity index (χ0n) is 10.4. The number of amides is 1. The van der Waals surface area contributed by atoms with Crippen LogP contribution in [-0.2, 0) is 0 Å². The van der Waals surface area contributed by atoms with Gasteiger partial charge in [-0.25, -0.2) is 4.39 Å². The van der Waals surface area contributed by atoms with Crippen molar-refractivity contribution in [1.82, 2.24) is 5.32 Å². The van der Waals surface area contributed by atoms with Gasteiger partial charge in [0.2, 0.25) is 0 Å². The fourth-order valence-corrected chi connectivity index (χ4v) is 2.56. The maximum atomic E-state index is 13.5. The number of benzene rings is 1. The zero-order valence-corrected chi connectivity index (χ0v) is 10.4. The molecule has 1 aliphatic rings. The summed E-state index contributed by atoms with van der Waals surface area (Å²) in [6.45, 7) is 2.15. The highest BCUT2D eigenvalue weighted by Crippen LogP contribution is 2.25. The number of aromatic hydroxyl groups is 1. The molecule has 1 saturated carbocycles. The van der Waals surface area contributed by atoms with Gasteiger partial charge in [-0.1, -0.05) is 25.8 Å². The molecule has 98 valence electrons. The summed E-state index contributed by atoms with van der Waals surface area (Å²) in [4.78, 5) is 12.0. The molecule has 2 atom stereocenters. The average molecular weight is 251 g/mol. The number of phenolic OH excluding ortho intramolecular Hbond substituents is 1. The molecule has 1 aliphatic carbocycles. The van der Waals surface area contributed by atoms with Crippen molar-refractivity contribution in [2.45, 2.75) is 38.6 Å². The van der Waals surface area contributed by atoms with Crippen LogP contribution in [0.2, 0.25) is 0 Å². The number of nitrogens with one attached hydrogen (secondary N) is 1. The summed E-state index contributed by atoms with van der Waals surface area (Å²) >= 11 is 0. The summed E-state index contributed by atoms with van der Waals surface area (Å²) in [6, 6.07) is 3.96. The third kappa shape index (κ3) is 2.81. The highest BCUT2D eigenvalue weighted by molar-refractivity contribution is 5.97. The number of phenols is 1. The van der Waals surface area contributed by atoms with Crippen LogP contribution in [0.1, 0.15) is 43.0 Å². The van der Waals surface area contributed by atoms with Crippen LogP contribution in [0.25, 0.3) is 0 Å². The van der Waals surface area contributed by atoms with Gasteiger partial charge in [0.15, 0.2) is 0 Å². The van der Waals surface area contributed by atoms with Crippen molar-refractivity contribution in [3.8, 4) is 5.75 Å². The number of carbonyl (C=O) groups excluding carboxylic acids is 1. The zero-order chi connectivity index (χ0) is 13.1. The van der Waals surface area contributed by atoms with Gasteiger partial charge in [-0.2, -0.15) is 0 Å². The fraction of sp³-hybridized carbons (Fsp3) is 0.500. The predicted molar refractivity (Wildman–Crippen MR) is 67.0 cm³/mol. The van der Waals surface area contributed by atoms with Gasteiger partial charge in [-0.15, -0.1) is 0 Å². The van der Waals surface area contributed by atoms with E-state index in [9.17, 15) is 14.3 Å². The Morgan fingerprint density at radius 1 is 1.44 bits per heavy atom. The van der Waals surface area contributed by atoms with Gasteiger partial charge in [-0.05, 0) is 30.9 Å². The Kier molecular flexibility index (Phi) is 3.84. The quantitative estimate of drug-likeness (QED) is 0.849. The van der Waals surface area contributed by atoms with Crippen molar-refractivity contribution < 1.29 is 14.3 Å². The first-order chi connectivity index (χ1) is 8.58. The molecule has 2 unspecified atom stereocenters. The maximum absolute atomic E-state index is 13.5. The molecule has 1 aromatic carbocycles. The van der Waals surface area contributed by atoms with Crippen LogP contribution in [0.3, 0.4) is 0 Å². The summed E-state index contributed by atoms with van der Waals surface area (Å²) in [5, 5.41) is 12.4. The Bertz CT molecular complexity index is 427. The average Bonchev–Trinajstić information content (AvgIpc) is 2.28. The Balaban J connectivity index is 2.07. The van der Waals surface area contributed by atoms with Gasteiger partial charge in [0.05, 0.1) is 0 Å². The molecule has 0 aliphatic heterocycles. The predicted octanol–water partition coefficient (Wildman–Crippen LogP) is 2.84. The SMILES string of the molecule is CC1CCCC(NC(=O)c2c(O)cccc2F)C1. The minimum atomic E-state index is -0.684. The van der Waals surface area contributed by atoms with E-state index in [0.717, 1.165) is 19.3 Å². The molecule has 0 heterocycles. The number of carbonyl (C=O) groups is 1. The second-order valence-electron chi connectivity index (χ2n) is 5.08. The molecule has 0 bridgehead atoms. The van der Waals surface area contributed by atoms with E-state index in [-0.39, 0.29) is 17.4 Å². The van der Waals surface area contributed by atoms with Gasteiger partial charge in [0, 0.05) is 6.04 Å². The molecule has 0 aromatic heterocycles. The van der Waals surface area contributed by atoms with Crippen molar-refractivity contribution >= 4 is 5.91 Å². The number of hydrogen-bond acceptors (Lipinski definition) is 2. The second-order valence-corrected chi connectivity index (χ2v) is 5.08. The number of halogens is 1. The van der Waals surface area contributed by atoms with Crippen LogP contribution in [-0.4, -0.2) is 17.1 Å². The third-order valence-electron chi connectivity index (χ3n) is 3.49. The van der Waals surface area contributed by atoms with Gasteiger partial charge in [-0.3, -0.25) is 4.79 Å². The second kappa shape index (κ2) is 5.38. The third-order valence-corrected chi connectivity index (χ3v) is 3.49. The first-order valence-electron chi connectivity index (χ1n) is 6.36. The van der Waals surface area contributed by atoms with Gasteiger partial charge < -0.3 is 10.4 Å². The van der Waals surface area contributed by atoms with Crippen molar-refractivity contribution in [1.29, 1.82) is 0 Å². The van der Waals surface area contributed by atoms with Crippen LogP contribution in [0, 0.1) is 11.7 Å². The molecular formula is C14H18FNO2. The van der Waals surface area contributed by atoms with Gasteiger partial charge in [0.1, 0.15) is 17.1 Å². The van der Waals surface area contributed by atoms with Crippen LogP contribution >= 0.6 is 0 Å². The number of rotatable bonds is 2. The first-order valence-corrected chi connectivity index (χ1v) is 6.36. The maximum Gasteiger partial charge on any atom is 0.258 e. The lowest BCUT2D eigenvalue weighted by Crippen LogP contribution is -2.38. The molecule has 4 heteroatoms. The van der Waals surface area contributed by atoms with E-state index < -0.39 is 11.7 Å². The molecule has 1 aromatic rings. The normalized spacial score (nSPS) is 23.7. The minimum Gasteiger partial charge on any atom is -0.507 e. The Morgan fingerprint density at radius 2 is 2.22 bits per heavy atom. The van der Waals surface area contributed by atoms with Crippen LogP contribution in [0.15, 0.2) is 18.2 Å². The van der Waals surface area contributed by atoms with Crippen LogP contribution in [0.5, 0.6) is 5.75 Å². The van der Waals surface area contributed by atoms with Crippen LogP contribution < -0.4 is 5.32 Å². The highest BCUT2D eigenvalue weighted by atomic mass is 19.1. The molecule has 18 heavy (non-hydrogen) atoms. The molecular weight excluding hydrogens is 233 g/mol. The lowest BCUT2D eigenvalue weighted by molar-refractivity contribution is 0.0914. The Labute approximate surface area is 106 Å². The Hall–Kier alpha value is -1.58. The Morgan fingerprint density at radius 3 is 2.89 bits per heavy atom. The smallest absolute Gasteiger partial charge is 0.258 e. The highest BCUT2D eigenvalue weighted by Gasteiger charge is 2.23. The van der Waals surface area contributed by atoms with Crippen molar-refractivity contribution in [2.24, 2.45) is 5.92 Å². The van der Waals surface area contributed by atoms with E-state index in [1.54, 1.807) is 0 Å². The lowest BCUT2D eigenvalue weighted by atomic mass is 9.87. The molecule has 0 radical (unpaired) electrons. The summed E-state index contributed by atoms with van der Waals surface area (Å²) < 4.78 is 13.5. The van der Waals surface area contributed by atoms with Crippen molar-refractivity contribution in [2.75, 3.05) is 0 Å². The molecule has 0 saturated heterocycles. The molecule has 3 nitrogen and oxygen atoms in total. The first kappa shape index (κ1) is 12.9. The monoisotopic (exact) mass is 251 g/mol. The van der Waals surface area contributed by atoms with Gasteiger partial charge >= 0.3 is 0 Å². The largest absolute Gasteiger partial charge is 0.507 e. The summed E-state index contributed by atoms with van der Waals surface area (Å²) in [5.74, 6) is -0.935. The van der Waals surface area contributed by atoms with Gasteiger partial charge in [0.25, 0.3) is 5.91 Å². The van der Waals surface area contributed by atoms with E-state index in [1.807, 2.05) is 0 Å². The van der Waals surface area contributed by atoms with Crippen molar-refractivity contribution in [3.63, 3.8) is 0 Å². The summed E-state index contributed by atoms with van der Waals surface area (Å²) in [7, 11) is 0. The summed E-state index contributed by atoms with van der Waals surface area (Å²) in [6.07, 6.45) is 4.10. The van der Waals surface area contributed by atoms with Crippen LogP contribution in [0.4, 0.5) is 4.39 Å². The summed E-state index contributed by atoms with van der Waals surface area (Å²) in [5.41, 5.74) is -0.254.